The van der Waals surface area contributed by atoms with Gasteiger partial charge in [-0.3, -0.25) is 4.90 Å². The van der Waals surface area contributed by atoms with Crippen LogP contribution in [0, 0.1) is 11.3 Å². The van der Waals surface area contributed by atoms with Gasteiger partial charge >= 0.3 is 0 Å². The molecule has 0 spiro atoms. The van der Waals surface area contributed by atoms with Gasteiger partial charge in [0.05, 0.1) is 19.9 Å². The zero-order chi connectivity index (χ0) is 17.6. The number of rotatable bonds is 5. The lowest BCUT2D eigenvalue weighted by atomic mass is 10.1. The number of nitrogens with zero attached hydrogens (tertiary/aromatic N) is 4. The molecular weight excluding hydrogens is 316 g/mol. The summed E-state index contributed by atoms with van der Waals surface area (Å²) >= 11 is 0. The van der Waals surface area contributed by atoms with Crippen molar-refractivity contribution in [2.45, 2.75) is 6.54 Å². The predicted molar refractivity (Wildman–Crippen MR) is 96.0 cm³/mol. The molecule has 1 aliphatic heterocycles. The van der Waals surface area contributed by atoms with Gasteiger partial charge in [0, 0.05) is 44.5 Å². The molecule has 130 valence electrons. The Morgan fingerprint density at radius 2 is 1.92 bits per heavy atom. The fourth-order valence-electron chi connectivity index (χ4n) is 3.13. The van der Waals surface area contributed by atoms with Crippen LogP contribution in [-0.4, -0.2) is 50.3 Å². The van der Waals surface area contributed by atoms with Crippen LogP contribution in [0.1, 0.15) is 11.3 Å². The minimum absolute atomic E-state index is 0.491. The van der Waals surface area contributed by atoms with Crippen molar-refractivity contribution >= 4 is 5.69 Å². The van der Waals surface area contributed by atoms with Crippen molar-refractivity contribution in [3.8, 4) is 17.6 Å². The molecule has 1 saturated heterocycles. The summed E-state index contributed by atoms with van der Waals surface area (Å²) in [6.07, 6.45) is 1.66. The van der Waals surface area contributed by atoms with E-state index < -0.39 is 0 Å². The number of anilines is 1. The molecule has 2 heterocycles. The number of hydrogen-bond acceptors (Lipinski definition) is 6. The molecule has 1 aromatic heterocycles. The van der Waals surface area contributed by atoms with E-state index in [0.29, 0.717) is 5.69 Å². The normalized spacial score (nSPS) is 14.8. The summed E-state index contributed by atoms with van der Waals surface area (Å²) < 4.78 is 10.8. The summed E-state index contributed by atoms with van der Waals surface area (Å²) in [5, 5.41) is 9.23. The molecule has 0 atom stereocenters. The highest BCUT2D eigenvalue weighted by molar-refractivity contribution is 5.56. The molecule has 6 nitrogen and oxygen atoms in total. The molecule has 0 saturated carbocycles. The summed E-state index contributed by atoms with van der Waals surface area (Å²) in [4.78, 5) is 8.77. The van der Waals surface area contributed by atoms with Crippen molar-refractivity contribution in [2.75, 3.05) is 45.3 Å². The first-order valence-corrected chi connectivity index (χ1v) is 8.28. The Morgan fingerprint density at radius 1 is 1.12 bits per heavy atom. The smallest absolute Gasteiger partial charge is 0.163 e. The lowest BCUT2D eigenvalue weighted by molar-refractivity contribution is 0.245. The molecule has 2 aromatic rings. The number of benzene rings is 1. The van der Waals surface area contributed by atoms with E-state index in [4.69, 9.17) is 9.47 Å². The van der Waals surface area contributed by atoms with Crippen LogP contribution in [0.5, 0.6) is 11.5 Å². The Hall–Kier alpha value is -2.78. The van der Waals surface area contributed by atoms with Crippen LogP contribution in [0.2, 0.25) is 0 Å². The summed E-state index contributed by atoms with van der Waals surface area (Å²) in [5.74, 6) is 1.71. The standard InChI is InChI=1S/C19H22N4O2/c1-24-16-5-6-19(25-2)15(12-16)14-22-8-10-23(11-9-22)18-4-3-7-21-17(18)13-20/h3-7,12H,8-11,14H2,1-2H3. The molecule has 1 aliphatic rings. The number of aromatic nitrogens is 1. The van der Waals surface area contributed by atoms with Crippen LogP contribution in [0.3, 0.4) is 0 Å². The topological polar surface area (TPSA) is 61.6 Å². The third-order valence-corrected chi connectivity index (χ3v) is 4.49. The molecule has 6 heteroatoms. The number of methoxy groups -OCH3 is 2. The molecular formula is C19H22N4O2. The van der Waals surface area contributed by atoms with Crippen molar-refractivity contribution in [3.05, 3.63) is 47.8 Å². The van der Waals surface area contributed by atoms with E-state index in [2.05, 4.69) is 20.9 Å². The number of hydrogen-bond donors (Lipinski definition) is 0. The average Bonchev–Trinajstić information content (AvgIpc) is 2.68. The molecule has 0 radical (unpaired) electrons. The minimum Gasteiger partial charge on any atom is -0.497 e. The maximum atomic E-state index is 9.23. The molecule has 0 amide bonds. The van der Waals surface area contributed by atoms with Crippen LogP contribution >= 0.6 is 0 Å². The summed E-state index contributed by atoms with van der Waals surface area (Å²) in [7, 11) is 3.36. The second kappa shape index (κ2) is 7.86. The van der Waals surface area contributed by atoms with Crippen molar-refractivity contribution in [3.63, 3.8) is 0 Å². The monoisotopic (exact) mass is 338 g/mol. The fraction of sp³-hybridized carbons (Fsp3) is 0.368. The highest BCUT2D eigenvalue weighted by atomic mass is 16.5. The fourth-order valence-corrected chi connectivity index (χ4v) is 3.13. The van der Waals surface area contributed by atoms with Crippen LogP contribution in [0.25, 0.3) is 0 Å². The molecule has 0 bridgehead atoms. The van der Waals surface area contributed by atoms with Gasteiger partial charge in [-0.25, -0.2) is 4.98 Å². The van der Waals surface area contributed by atoms with Gasteiger partial charge in [-0.05, 0) is 30.3 Å². The van der Waals surface area contributed by atoms with Gasteiger partial charge in [-0.1, -0.05) is 0 Å². The van der Waals surface area contributed by atoms with Crippen molar-refractivity contribution < 1.29 is 9.47 Å². The van der Waals surface area contributed by atoms with E-state index in [1.807, 2.05) is 30.3 Å². The first-order chi connectivity index (χ1) is 12.2. The van der Waals surface area contributed by atoms with Gasteiger partial charge < -0.3 is 14.4 Å². The SMILES string of the molecule is COc1ccc(OC)c(CN2CCN(c3cccnc3C#N)CC2)c1. The van der Waals surface area contributed by atoms with E-state index in [-0.39, 0.29) is 0 Å². The molecule has 3 rings (SSSR count). The van der Waals surface area contributed by atoms with Gasteiger partial charge in [0.1, 0.15) is 17.6 Å². The summed E-state index contributed by atoms with van der Waals surface area (Å²) in [6, 6.07) is 11.9. The largest absolute Gasteiger partial charge is 0.497 e. The van der Waals surface area contributed by atoms with Crippen molar-refractivity contribution in [2.24, 2.45) is 0 Å². The van der Waals surface area contributed by atoms with E-state index in [1.165, 1.54) is 0 Å². The Bertz CT molecular complexity index is 764. The number of pyridine rings is 1. The molecule has 1 aromatic carbocycles. The van der Waals surface area contributed by atoms with Gasteiger partial charge in [-0.2, -0.15) is 5.26 Å². The zero-order valence-corrected chi connectivity index (χ0v) is 14.6. The summed E-state index contributed by atoms with van der Waals surface area (Å²) in [6.45, 7) is 4.38. The van der Waals surface area contributed by atoms with Crippen LogP contribution < -0.4 is 14.4 Å². The summed E-state index contributed by atoms with van der Waals surface area (Å²) in [5.41, 5.74) is 2.53. The second-order valence-electron chi connectivity index (χ2n) is 5.92. The van der Waals surface area contributed by atoms with E-state index in [1.54, 1.807) is 20.4 Å². The maximum absolute atomic E-state index is 9.23. The Balaban J connectivity index is 1.66. The number of nitriles is 1. The van der Waals surface area contributed by atoms with Gasteiger partial charge in [0.25, 0.3) is 0 Å². The predicted octanol–water partition coefficient (Wildman–Crippen LogP) is 2.29. The Labute approximate surface area is 148 Å². The first kappa shape index (κ1) is 17.1. The third-order valence-electron chi connectivity index (χ3n) is 4.49. The van der Waals surface area contributed by atoms with E-state index in [0.717, 1.165) is 55.5 Å². The van der Waals surface area contributed by atoms with Crippen LogP contribution in [0.15, 0.2) is 36.5 Å². The molecule has 0 aliphatic carbocycles. The molecule has 0 N–H and O–H groups in total. The third kappa shape index (κ3) is 3.83. The minimum atomic E-state index is 0.491. The van der Waals surface area contributed by atoms with E-state index in [9.17, 15) is 5.26 Å². The zero-order valence-electron chi connectivity index (χ0n) is 14.6. The highest BCUT2D eigenvalue weighted by Gasteiger charge is 2.20. The molecule has 0 unspecified atom stereocenters. The molecule has 1 fully saturated rings. The highest BCUT2D eigenvalue weighted by Crippen LogP contribution is 2.26. The van der Waals surface area contributed by atoms with Crippen LogP contribution in [0.4, 0.5) is 5.69 Å². The molecule has 25 heavy (non-hydrogen) atoms. The second-order valence-corrected chi connectivity index (χ2v) is 5.92. The lowest BCUT2D eigenvalue weighted by Gasteiger charge is -2.36. The number of ether oxygens (including phenoxy) is 2. The van der Waals surface area contributed by atoms with E-state index >= 15 is 0 Å². The Morgan fingerprint density at radius 3 is 2.60 bits per heavy atom. The van der Waals surface area contributed by atoms with Gasteiger partial charge in [-0.15, -0.1) is 0 Å². The van der Waals surface area contributed by atoms with Crippen molar-refractivity contribution in [1.29, 1.82) is 5.26 Å². The maximum Gasteiger partial charge on any atom is 0.163 e. The van der Waals surface area contributed by atoms with Gasteiger partial charge in [0.15, 0.2) is 5.69 Å². The Kier molecular flexibility index (Phi) is 5.36. The number of piperazine rings is 1. The quantitative estimate of drug-likeness (QED) is 0.834. The lowest BCUT2D eigenvalue weighted by Crippen LogP contribution is -2.46. The van der Waals surface area contributed by atoms with Gasteiger partial charge in [0.2, 0.25) is 0 Å². The first-order valence-electron chi connectivity index (χ1n) is 8.28. The average molecular weight is 338 g/mol. The van der Waals surface area contributed by atoms with Crippen molar-refractivity contribution in [1.82, 2.24) is 9.88 Å². The van der Waals surface area contributed by atoms with Crippen LogP contribution in [-0.2, 0) is 6.54 Å².